The van der Waals surface area contributed by atoms with Gasteiger partial charge in [0.2, 0.25) is 0 Å². The number of aryl methyl sites for hydroxylation is 1. The van der Waals surface area contributed by atoms with Crippen molar-refractivity contribution in [1.82, 2.24) is 15.1 Å². The molecule has 0 radical (unpaired) electrons. The minimum atomic E-state index is -0.444. The summed E-state index contributed by atoms with van der Waals surface area (Å²) in [4.78, 5) is 0. The third kappa shape index (κ3) is 2.41. The zero-order chi connectivity index (χ0) is 11.4. The number of aromatic nitrogens is 2. The van der Waals surface area contributed by atoms with Gasteiger partial charge >= 0.3 is 0 Å². The van der Waals surface area contributed by atoms with Crippen molar-refractivity contribution in [1.29, 1.82) is 0 Å². The molecule has 1 aromatic rings. The van der Waals surface area contributed by atoms with Crippen molar-refractivity contribution >= 4 is 0 Å². The van der Waals surface area contributed by atoms with Crippen molar-refractivity contribution < 1.29 is 9.50 Å². The van der Waals surface area contributed by atoms with Gasteiger partial charge in [-0.25, -0.2) is 4.39 Å². The highest BCUT2D eigenvalue weighted by molar-refractivity contribution is 5.15. The molecule has 2 rings (SSSR count). The first-order valence-corrected chi connectivity index (χ1v) is 5.79. The van der Waals surface area contributed by atoms with E-state index in [1.807, 2.05) is 6.07 Å². The summed E-state index contributed by atoms with van der Waals surface area (Å²) in [6.07, 6.45) is 2.13. The quantitative estimate of drug-likeness (QED) is 0.800. The molecule has 4 nitrogen and oxygen atoms in total. The van der Waals surface area contributed by atoms with Gasteiger partial charge in [0.25, 0.3) is 0 Å². The molecule has 2 N–H and O–H groups in total. The number of halogens is 1. The van der Waals surface area contributed by atoms with Gasteiger partial charge in [-0.1, -0.05) is 0 Å². The summed E-state index contributed by atoms with van der Waals surface area (Å²) >= 11 is 0. The van der Waals surface area contributed by atoms with Crippen molar-refractivity contribution in [3.8, 4) is 0 Å². The van der Waals surface area contributed by atoms with E-state index in [0.29, 0.717) is 11.6 Å². The van der Waals surface area contributed by atoms with Crippen LogP contribution in [0.1, 0.15) is 30.1 Å². The van der Waals surface area contributed by atoms with E-state index in [9.17, 15) is 4.39 Å². The van der Waals surface area contributed by atoms with Gasteiger partial charge in [0, 0.05) is 5.92 Å². The Bertz CT molecular complexity index is 334. The van der Waals surface area contributed by atoms with Crippen molar-refractivity contribution in [3.63, 3.8) is 0 Å². The van der Waals surface area contributed by atoms with Crippen LogP contribution in [0, 0.1) is 0 Å². The van der Waals surface area contributed by atoms with E-state index in [2.05, 4.69) is 10.4 Å². The number of alkyl halides is 1. The van der Waals surface area contributed by atoms with Crippen LogP contribution in [-0.4, -0.2) is 34.7 Å². The van der Waals surface area contributed by atoms with Crippen molar-refractivity contribution in [3.05, 3.63) is 17.5 Å². The summed E-state index contributed by atoms with van der Waals surface area (Å²) in [6, 6.07) is 1.91. The number of aliphatic hydroxyl groups is 1. The highest BCUT2D eigenvalue weighted by atomic mass is 19.1. The van der Waals surface area contributed by atoms with Gasteiger partial charge in [-0.3, -0.25) is 4.68 Å². The molecule has 0 spiro atoms. The number of rotatable bonds is 4. The second-order valence-electron chi connectivity index (χ2n) is 4.16. The van der Waals surface area contributed by atoms with Crippen molar-refractivity contribution in [2.75, 3.05) is 19.8 Å². The molecule has 2 heterocycles. The standard InChI is InChI=1S/C11H18FN3O/c12-3-6-15-10(8-16)7-11(14-15)9-1-4-13-5-2-9/h7,9,13,16H,1-6,8H2. The molecule has 0 bridgehead atoms. The van der Waals surface area contributed by atoms with Crippen molar-refractivity contribution in [2.45, 2.75) is 31.9 Å². The fourth-order valence-corrected chi connectivity index (χ4v) is 2.20. The predicted molar refractivity (Wildman–Crippen MR) is 59.0 cm³/mol. The highest BCUT2D eigenvalue weighted by Gasteiger charge is 2.19. The van der Waals surface area contributed by atoms with Crippen LogP contribution >= 0.6 is 0 Å². The Balaban J connectivity index is 2.14. The first-order chi connectivity index (χ1) is 7.85. The van der Waals surface area contributed by atoms with E-state index in [-0.39, 0.29) is 13.2 Å². The molecule has 16 heavy (non-hydrogen) atoms. The van der Waals surface area contributed by atoms with Crippen LogP contribution < -0.4 is 5.32 Å². The van der Waals surface area contributed by atoms with Gasteiger partial charge in [-0.15, -0.1) is 0 Å². The fraction of sp³-hybridized carbons (Fsp3) is 0.727. The van der Waals surface area contributed by atoms with Crippen LogP contribution in [0.5, 0.6) is 0 Å². The molecule has 1 fully saturated rings. The third-order valence-electron chi connectivity index (χ3n) is 3.10. The van der Waals surface area contributed by atoms with Gasteiger partial charge < -0.3 is 10.4 Å². The van der Waals surface area contributed by atoms with Crippen LogP contribution in [-0.2, 0) is 13.2 Å². The molecule has 5 heteroatoms. The number of nitrogens with one attached hydrogen (secondary N) is 1. The summed E-state index contributed by atoms with van der Waals surface area (Å²) in [5, 5.41) is 16.8. The molecule has 0 aromatic carbocycles. The first-order valence-electron chi connectivity index (χ1n) is 5.79. The average molecular weight is 227 g/mol. The van der Waals surface area contributed by atoms with Crippen LogP contribution in [0.4, 0.5) is 4.39 Å². The molecule has 1 saturated heterocycles. The normalized spacial score (nSPS) is 17.9. The fourth-order valence-electron chi connectivity index (χ4n) is 2.20. The summed E-state index contributed by atoms with van der Waals surface area (Å²) in [5.41, 5.74) is 1.71. The van der Waals surface area contributed by atoms with Crippen molar-refractivity contribution in [2.24, 2.45) is 0 Å². The minimum absolute atomic E-state index is 0.0715. The second kappa shape index (κ2) is 5.41. The van der Waals surface area contributed by atoms with Gasteiger partial charge in [-0.05, 0) is 32.0 Å². The molecule has 0 aliphatic carbocycles. The molecular formula is C11H18FN3O. The van der Waals surface area contributed by atoms with Crippen LogP contribution in [0.3, 0.4) is 0 Å². The molecule has 0 amide bonds. The Morgan fingerprint density at radius 2 is 2.25 bits per heavy atom. The Labute approximate surface area is 94.5 Å². The van der Waals surface area contributed by atoms with E-state index in [1.165, 1.54) is 0 Å². The molecule has 0 saturated carbocycles. The highest BCUT2D eigenvalue weighted by Crippen LogP contribution is 2.24. The van der Waals surface area contributed by atoms with E-state index in [1.54, 1.807) is 4.68 Å². The lowest BCUT2D eigenvalue weighted by Crippen LogP contribution is -2.26. The maximum Gasteiger partial charge on any atom is 0.109 e. The average Bonchev–Trinajstić information content (AvgIpc) is 2.74. The number of hydrogen-bond acceptors (Lipinski definition) is 3. The predicted octanol–water partition coefficient (Wildman–Crippen LogP) is 0.812. The lowest BCUT2D eigenvalue weighted by molar-refractivity contribution is 0.265. The summed E-state index contributed by atoms with van der Waals surface area (Å²) in [7, 11) is 0. The summed E-state index contributed by atoms with van der Waals surface area (Å²) in [6.45, 7) is 1.74. The molecule has 1 aliphatic rings. The van der Waals surface area contributed by atoms with Gasteiger partial charge in [0.1, 0.15) is 6.67 Å². The Morgan fingerprint density at radius 3 is 2.88 bits per heavy atom. The number of piperidine rings is 1. The second-order valence-corrected chi connectivity index (χ2v) is 4.16. The SMILES string of the molecule is OCc1cc(C2CCNCC2)nn1CCF. The maximum absolute atomic E-state index is 12.3. The minimum Gasteiger partial charge on any atom is -0.390 e. The maximum atomic E-state index is 12.3. The molecule has 1 aromatic heterocycles. The number of hydrogen-bond donors (Lipinski definition) is 2. The molecule has 0 unspecified atom stereocenters. The zero-order valence-corrected chi connectivity index (χ0v) is 9.32. The summed E-state index contributed by atoms with van der Waals surface area (Å²) in [5.74, 6) is 0.451. The van der Waals surface area contributed by atoms with Gasteiger partial charge in [0.05, 0.1) is 24.5 Å². The van der Waals surface area contributed by atoms with Crippen LogP contribution in [0.2, 0.25) is 0 Å². The number of aliphatic hydroxyl groups excluding tert-OH is 1. The lowest BCUT2D eigenvalue weighted by Gasteiger charge is -2.20. The van der Waals surface area contributed by atoms with E-state index in [0.717, 1.165) is 31.6 Å². The van der Waals surface area contributed by atoms with E-state index < -0.39 is 6.67 Å². The molecule has 0 atom stereocenters. The van der Waals surface area contributed by atoms with Crippen LogP contribution in [0.25, 0.3) is 0 Å². The zero-order valence-electron chi connectivity index (χ0n) is 9.32. The third-order valence-corrected chi connectivity index (χ3v) is 3.10. The Morgan fingerprint density at radius 1 is 1.50 bits per heavy atom. The monoisotopic (exact) mass is 227 g/mol. The summed E-state index contributed by atoms with van der Waals surface area (Å²) < 4.78 is 13.9. The van der Waals surface area contributed by atoms with E-state index >= 15 is 0 Å². The topological polar surface area (TPSA) is 50.1 Å². The van der Waals surface area contributed by atoms with E-state index in [4.69, 9.17) is 5.11 Å². The molecule has 1 aliphatic heterocycles. The molecular weight excluding hydrogens is 209 g/mol. The van der Waals surface area contributed by atoms with Gasteiger partial charge in [0.15, 0.2) is 0 Å². The molecule has 90 valence electrons. The van der Waals surface area contributed by atoms with Gasteiger partial charge in [-0.2, -0.15) is 5.10 Å². The van der Waals surface area contributed by atoms with Crippen LogP contribution in [0.15, 0.2) is 6.07 Å². The smallest absolute Gasteiger partial charge is 0.109 e. The number of nitrogens with zero attached hydrogens (tertiary/aromatic N) is 2. The first kappa shape index (κ1) is 11.5. The lowest BCUT2D eigenvalue weighted by atomic mass is 9.95. The largest absolute Gasteiger partial charge is 0.390 e. The Hall–Kier alpha value is -0.940. The Kier molecular flexibility index (Phi) is 3.90.